The minimum atomic E-state index is -0.994. The number of hydrogen-bond donors (Lipinski definition) is 2. The third kappa shape index (κ3) is 3.20. The second-order valence-electron chi connectivity index (χ2n) is 4.71. The van der Waals surface area contributed by atoms with Gasteiger partial charge in [0.05, 0.1) is 11.9 Å². The van der Waals surface area contributed by atoms with E-state index in [9.17, 15) is 4.79 Å². The molecule has 0 radical (unpaired) electrons. The maximum Gasteiger partial charge on any atom is 0.354 e. The van der Waals surface area contributed by atoms with Crippen LogP contribution >= 0.6 is 0 Å². The molecule has 1 unspecified atom stereocenters. The Hall–Kier alpha value is -1.62. The molecule has 2 rings (SSSR count). The van der Waals surface area contributed by atoms with Gasteiger partial charge in [-0.25, -0.2) is 9.78 Å². The van der Waals surface area contributed by atoms with E-state index < -0.39 is 5.97 Å². The van der Waals surface area contributed by atoms with Crippen molar-refractivity contribution in [3.63, 3.8) is 0 Å². The van der Waals surface area contributed by atoms with E-state index in [0.717, 1.165) is 12.2 Å². The minimum Gasteiger partial charge on any atom is -0.477 e. The van der Waals surface area contributed by atoms with E-state index in [4.69, 9.17) is 5.11 Å². The summed E-state index contributed by atoms with van der Waals surface area (Å²) in [6.45, 7) is 5.42. The molecule has 2 heterocycles. The third-order valence-electron chi connectivity index (χ3n) is 3.35. The number of anilines is 1. The Morgan fingerprint density at radius 2 is 2.22 bits per heavy atom. The highest BCUT2D eigenvalue weighted by Crippen LogP contribution is 2.12. The Morgan fingerprint density at radius 1 is 1.50 bits per heavy atom. The highest BCUT2D eigenvalue weighted by molar-refractivity contribution is 5.85. The Bertz CT molecular complexity index is 399. The molecule has 98 valence electrons. The molecule has 2 N–H and O–H groups in total. The largest absolute Gasteiger partial charge is 0.477 e. The van der Waals surface area contributed by atoms with Crippen LogP contribution in [0.1, 0.15) is 30.3 Å². The van der Waals surface area contributed by atoms with E-state index in [2.05, 4.69) is 22.1 Å². The predicted octanol–water partition coefficient (Wildman–Crippen LogP) is 1.68. The molecule has 0 bridgehead atoms. The number of carboxylic acid groups (broad SMARTS) is 1. The summed E-state index contributed by atoms with van der Waals surface area (Å²) in [5, 5.41) is 12.0. The Morgan fingerprint density at radius 3 is 2.78 bits per heavy atom. The van der Waals surface area contributed by atoms with Gasteiger partial charge in [0, 0.05) is 12.6 Å². The van der Waals surface area contributed by atoms with Crippen molar-refractivity contribution < 1.29 is 9.90 Å². The first kappa shape index (κ1) is 12.8. The zero-order valence-corrected chi connectivity index (χ0v) is 10.6. The van der Waals surface area contributed by atoms with Gasteiger partial charge in [-0.05, 0) is 45.0 Å². The van der Waals surface area contributed by atoms with Gasteiger partial charge in [0.25, 0.3) is 0 Å². The number of pyridine rings is 1. The van der Waals surface area contributed by atoms with Gasteiger partial charge in [0.15, 0.2) is 0 Å². The van der Waals surface area contributed by atoms with Crippen molar-refractivity contribution in [1.82, 2.24) is 9.88 Å². The monoisotopic (exact) mass is 249 g/mol. The van der Waals surface area contributed by atoms with Crippen LogP contribution in [-0.4, -0.2) is 46.6 Å². The molecule has 1 saturated heterocycles. The standard InChI is InChI=1S/C13H19N3O2/c1-10(16-6-2-3-7-16)8-14-11-4-5-12(13(17)18)15-9-11/h4-5,9-10,14H,2-3,6-8H2,1H3,(H,17,18). The number of carbonyl (C=O) groups is 1. The average molecular weight is 249 g/mol. The van der Waals surface area contributed by atoms with Gasteiger partial charge < -0.3 is 10.4 Å². The van der Waals surface area contributed by atoms with Crippen LogP contribution in [0.2, 0.25) is 0 Å². The number of likely N-dealkylation sites (tertiary alicyclic amines) is 1. The summed E-state index contributed by atoms with van der Waals surface area (Å²) >= 11 is 0. The van der Waals surface area contributed by atoms with Crippen molar-refractivity contribution in [2.24, 2.45) is 0 Å². The Balaban J connectivity index is 1.84. The number of aromatic nitrogens is 1. The molecule has 0 aromatic carbocycles. The van der Waals surface area contributed by atoms with Gasteiger partial charge in [-0.2, -0.15) is 0 Å². The molecule has 1 aliphatic heterocycles. The van der Waals surface area contributed by atoms with Crippen LogP contribution in [0.15, 0.2) is 18.3 Å². The lowest BCUT2D eigenvalue weighted by molar-refractivity contribution is 0.0690. The molecular weight excluding hydrogens is 230 g/mol. The van der Waals surface area contributed by atoms with Gasteiger partial charge in [-0.15, -0.1) is 0 Å². The fraction of sp³-hybridized carbons (Fsp3) is 0.538. The van der Waals surface area contributed by atoms with Crippen LogP contribution in [0, 0.1) is 0 Å². The van der Waals surface area contributed by atoms with Gasteiger partial charge >= 0.3 is 5.97 Å². The highest BCUT2D eigenvalue weighted by Gasteiger charge is 2.17. The number of nitrogens with one attached hydrogen (secondary N) is 1. The van der Waals surface area contributed by atoms with Crippen LogP contribution < -0.4 is 5.32 Å². The zero-order valence-electron chi connectivity index (χ0n) is 10.6. The molecule has 0 saturated carbocycles. The number of carboxylic acids is 1. The van der Waals surface area contributed by atoms with Crippen LogP contribution in [-0.2, 0) is 0 Å². The quantitative estimate of drug-likeness (QED) is 0.831. The number of nitrogens with zero attached hydrogens (tertiary/aromatic N) is 2. The summed E-state index contributed by atoms with van der Waals surface area (Å²) in [6.07, 6.45) is 4.15. The minimum absolute atomic E-state index is 0.0770. The van der Waals surface area contributed by atoms with E-state index in [1.54, 1.807) is 12.3 Å². The van der Waals surface area contributed by atoms with E-state index in [0.29, 0.717) is 6.04 Å². The van der Waals surface area contributed by atoms with Crippen molar-refractivity contribution in [1.29, 1.82) is 0 Å². The molecule has 18 heavy (non-hydrogen) atoms. The fourth-order valence-electron chi connectivity index (χ4n) is 2.20. The first-order valence-electron chi connectivity index (χ1n) is 6.34. The van der Waals surface area contributed by atoms with Gasteiger partial charge in [0.2, 0.25) is 0 Å². The van der Waals surface area contributed by atoms with Crippen molar-refractivity contribution in [2.75, 3.05) is 25.0 Å². The molecule has 0 amide bonds. The molecule has 1 aliphatic rings. The van der Waals surface area contributed by atoms with Crippen molar-refractivity contribution >= 4 is 11.7 Å². The summed E-state index contributed by atoms with van der Waals surface area (Å²) in [7, 11) is 0. The Labute approximate surface area is 107 Å². The van der Waals surface area contributed by atoms with E-state index in [-0.39, 0.29) is 5.69 Å². The molecule has 5 heteroatoms. The van der Waals surface area contributed by atoms with Crippen LogP contribution in [0.3, 0.4) is 0 Å². The average Bonchev–Trinajstić information content (AvgIpc) is 2.90. The maximum atomic E-state index is 10.7. The van der Waals surface area contributed by atoms with Crippen molar-refractivity contribution in [3.8, 4) is 0 Å². The smallest absolute Gasteiger partial charge is 0.354 e. The van der Waals surface area contributed by atoms with Crippen molar-refractivity contribution in [3.05, 3.63) is 24.0 Å². The molecule has 1 aromatic rings. The maximum absolute atomic E-state index is 10.7. The summed E-state index contributed by atoms with van der Waals surface area (Å²) < 4.78 is 0. The molecule has 1 atom stereocenters. The van der Waals surface area contributed by atoms with E-state index >= 15 is 0 Å². The summed E-state index contributed by atoms with van der Waals surface area (Å²) in [5.74, 6) is -0.994. The SMILES string of the molecule is CC(CNc1ccc(C(=O)O)nc1)N1CCCC1. The fourth-order valence-corrected chi connectivity index (χ4v) is 2.20. The molecule has 1 aromatic heterocycles. The zero-order chi connectivity index (χ0) is 13.0. The number of aromatic carboxylic acids is 1. The number of rotatable bonds is 5. The normalized spacial score (nSPS) is 17.6. The topological polar surface area (TPSA) is 65.5 Å². The second-order valence-corrected chi connectivity index (χ2v) is 4.71. The molecule has 0 spiro atoms. The molecule has 0 aliphatic carbocycles. The summed E-state index contributed by atoms with van der Waals surface area (Å²) in [5.41, 5.74) is 0.944. The lowest BCUT2D eigenvalue weighted by Crippen LogP contribution is -2.35. The predicted molar refractivity (Wildman–Crippen MR) is 70.0 cm³/mol. The summed E-state index contributed by atoms with van der Waals surface area (Å²) in [6, 6.07) is 3.77. The Kier molecular flexibility index (Phi) is 4.15. The van der Waals surface area contributed by atoms with E-state index in [1.165, 1.54) is 32.0 Å². The van der Waals surface area contributed by atoms with Crippen LogP contribution in [0.4, 0.5) is 5.69 Å². The first-order valence-corrected chi connectivity index (χ1v) is 6.34. The molecule has 5 nitrogen and oxygen atoms in total. The van der Waals surface area contributed by atoms with Crippen LogP contribution in [0.5, 0.6) is 0 Å². The molecule has 1 fully saturated rings. The van der Waals surface area contributed by atoms with Gasteiger partial charge in [-0.3, -0.25) is 4.90 Å². The van der Waals surface area contributed by atoms with E-state index in [1.807, 2.05) is 0 Å². The van der Waals surface area contributed by atoms with Crippen LogP contribution in [0.25, 0.3) is 0 Å². The lowest BCUT2D eigenvalue weighted by atomic mass is 10.2. The van der Waals surface area contributed by atoms with Crippen molar-refractivity contribution in [2.45, 2.75) is 25.8 Å². The second kappa shape index (κ2) is 5.82. The van der Waals surface area contributed by atoms with Gasteiger partial charge in [0.1, 0.15) is 5.69 Å². The molecular formula is C13H19N3O2. The summed E-state index contributed by atoms with van der Waals surface area (Å²) in [4.78, 5) is 17.0. The number of hydrogen-bond acceptors (Lipinski definition) is 4. The lowest BCUT2D eigenvalue weighted by Gasteiger charge is -2.24. The van der Waals surface area contributed by atoms with Gasteiger partial charge in [-0.1, -0.05) is 0 Å². The third-order valence-corrected chi connectivity index (χ3v) is 3.35. The highest BCUT2D eigenvalue weighted by atomic mass is 16.4. The first-order chi connectivity index (χ1) is 8.66.